The van der Waals surface area contributed by atoms with Gasteiger partial charge in [0.15, 0.2) is 5.82 Å². The van der Waals surface area contributed by atoms with Gasteiger partial charge < -0.3 is 10.4 Å². The first-order chi connectivity index (χ1) is 18.6. The molecule has 202 valence electrons. The minimum absolute atomic E-state index is 0.00205. The fraction of sp³-hybridized carbons (Fsp3) is 0.233. The molecule has 1 heterocycles. The van der Waals surface area contributed by atoms with Gasteiger partial charge in [0.1, 0.15) is 23.4 Å². The normalized spacial score (nSPS) is 13.1. The number of nitrogens with one attached hydrogen (secondary N) is 1. The molecule has 0 fully saturated rings. The molecule has 0 bridgehead atoms. The van der Waals surface area contributed by atoms with E-state index in [4.69, 9.17) is 11.6 Å². The summed E-state index contributed by atoms with van der Waals surface area (Å²) in [7, 11) is 0. The van der Waals surface area contributed by atoms with Crippen molar-refractivity contribution in [3.63, 3.8) is 0 Å². The van der Waals surface area contributed by atoms with Crippen molar-refractivity contribution in [1.82, 2.24) is 9.97 Å². The summed E-state index contributed by atoms with van der Waals surface area (Å²) < 4.78 is 43.1. The third-order valence-electron chi connectivity index (χ3n) is 6.38. The molecular formula is C30H27ClF3N3O2. The van der Waals surface area contributed by atoms with E-state index in [1.807, 2.05) is 25.1 Å². The van der Waals surface area contributed by atoms with Crippen LogP contribution < -0.4 is 5.32 Å². The number of halogens is 4. The van der Waals surface area contributed by atoms with E-state index in [2.05, 4.69) is 15.3 Å². The summed E-state index contributed by atoms with van der Waals surface area (Å²) in [6.07, 6.45) is 1.12. The Hall–Kier alpha value is -3.75. The highest BCUT2D eigenvalue weighted by Gasteiger charge is 2.37. The maximum absolute atomic E-state index is 15.2. The maximum atomic E-state index is 15.2. The van der Waals surface area contributed by atoms with Crippen LogP contribution in [0.15, 0.2) is 79.1 Å². The van der Waals surface area contributed by atoms with Gasteiger partial charge in [-0.2, -0.15) is 8.78 Å². The number of aliphatic hydroxyl groups is 1. The summed E-state index contributed by atoms with van der Waals surface area (Å²) in [5.74, 6) is -3.75. The predicted molar refractivity (Wildman–Crippen MR) is 145 cm³/mol. The van der Waals surface area contributed by atoms with Gasteiger partial charge in [0.05, 0.1) is 6.04 Å². The van der Waals surface area contributed by atoms with Crippen LogP contribution in [0.1, 0.15) is 42.1 Å². The van der Waals surface area contributed by atoms with Crippen molar-refractivity contribution in [2.24, 2.45) is 0 Å². The SMILES string of the molecule is CC(O)C(F)(F)c1ccc(CC(=O)Cc2ccc(-c3nccnc3N[C@@H](C)c3ccccc3Cl)c(F)c2)cc1. The second-order valence-corrected chi connectivity index (χ2v) is 9.75. The molecule has 0 spiro atoms. The molecular weight excluding hydrogens is 527 g/mol. The second-order valence-electron chi connectivity index (χ2n) is 9.34. The van der Waals surface area contributed by atoms with Gasteiger partial charge in [-0.15, -0.1) is 0 Å². The topological polar surface area (TPSA) is 75.1 Å². The van der Waals surface area contributed by atoms with Crippen molar-refractivity contribution in [3.8, 4) is 11.3 Å². The van der Waals surface area contributed by atoms with Crippen LogP contribution in [0.2, 0.25) is 5.02 Å². The lowest BCUT2D eigenvalue weighted by Gasteiger charge is -2.19. The Morgan fingerprint density at radius 2 is 1.62 bits per heavy atom. The van der Waals surface area contributed by atoms with Crippen LogP contribution in [0, 0.1) is 5.82 Å². The molecule has 9 heteroatoms. The molecule has 0 aliphatic carbocycles. The van der Waals surface area contributed by atoms with Gasteiger partial charge in [0, 0.05) is 41.4 Å². The average Bonchev–Trinajstić information content (AvgIpc) is 2.89. The van der Waals surface area contributed by atoms with Gasteiger partial charge in [0.2, 0.25) is 0 Å². The monoisotopic (exact) mass is 553 g/mol. The summed E-state index contributed by atoms with van der Waals surface area (Å²) in [6.45, 7) is 2.93. The zero-order valence-electron chi connectivity index (χ0n) is 21.3. The number of aliphatic hydroxyl groups excluding tert-OH is 1. The van der Waals surface area contributed by atoms with E-state index in [0.29, 0.717) is 27.7 Å². The fourth-order valence-electron chi connectivity index (χ4n) is 4.21. The smallest absolute Gasteiger partial charge is 0.298 e. The number of aromatic nitrogens is 2. The van der Waals surface area contributed by atoms with Crippen molar-refractivity contribution >= 4 is 23.2 Å². The van der Waals surface area contributed by atoms with E-state index in [-0.39, 0.29) is 35.8 Å². The van der Waals surface area contributed by atoms with Gasteiger partial charge >= 0.3 is 0 Å². The number of anilines is 1. The lowest BCUT2D eigenvalue weighted by molar-refractivity contribution is -0.117. The molecule has 2 atom stereocenters. The average molecular weight is 554 g/mol. The number of Topliss-reactive ketones (excluding diaryl/α,β-unsaturated/α-hetero) is 1. The van der Waals surface area contributed by atoms with E-state index >= 15 is 4.39 Å². The van der Waals surface area contributed by atoms with Crippen LogP contribution in [0.3, 0.4) is 0 Å². The Kier molecular flexibility index (Phi) is 8.67. The highest BCUT2D eigenvalue weighted by Crippen LogP contribution is 2.33. The number of ketones is 1. The van der Waals surface area contributed by atoms with Crippen LogP contribution in [0.4, 0.5) is 19.0 Å². The van der Waals surface area contributed by atoms with Crippen molar-refractivity contribution in [3.05, 3.63) is 112 Å². The Balaban J connectivity index is 1.46. The number of nitrogens with zero attached hydrogens (tertiary/aromatic N) is 2. The summed E-state index contributed by atoms with van der Waals surface area (Å²) in [5, 5.41) is 13.1. The molecule has 4 rings (SSSR count). The van der Waals surface area contributed by atoms with Gasteiger partial charge in [-0.05, 0) is 48.7 Å². The zero-order valence-corrected chi connectivity index (χ0v) is 22.1. The molecule has 1 aromatic heterocycles. The molecule has 0 amide bonds. The van der Waals surface area contributed by atoms with Crippen molar-refractivity contribution < 1.29 is 23.1 Å². The highest BCUT2D eigenvalue weighted by atomic mass is 35.5. The van der Waals surface area contributed by atoms with E-state index in [9.17, 15) is 18.7 Å². The molecule has 0 aliphatic heterocycles. The second kappa shape index (κ2) is 12.0. The molecule has 4 aromatic rings. The maximum Gasteiger partial charge on any atom is 0.298 e. The van der Waals surface area contributed by atoms with Gasteiger partial charge in [-0.1, -0.05) is 60.1 Å². The first-order valence-electron chi connectivity index (χ1n) is 12.3. The number of carbonyl (C=O) groups is 1. The van der Waals surface area contributed by atoms with Crippen molar-refractivity contribution in [2.75, 3.05) is 5.32 Å². The highest BCUT2D eigenvalue weighted by molar-refractivity contribution is 6.31. The van der Waals surface area contributed by atoms with Gasteiger partial charge in [0.25, 0.3) is 5.92 Å². The summed E-state index contributed by atoms with van der Waals surface area (Å²) >= 11 is 6.31. The minimum Gasteiger partial charge on any atom is -0.387 e. The van der Waals surface area contributed by atoms with Gasteiger partial charge in [-0.3, -0.25) is 9.78 Å². The van der Waals surface area contributed by atoms with E-state index < -0.39 is 17.8 Å². The number of hydrogen-bond donors (Lipinski definition) is 2. The van der Waals surface area contributed by atoms with Gasteiger partial charge in [-0.25, -0.2) is 9.37 Å². The third kappa shape index (κ3) is 6.64. The lowest BCUT2D eigenvalue weighted by Crippen LogP contribution is -2.27. The largest absolute Gasteiger partial charge is 0.387 e. The zero-order chi connectivity index (χ0) is 28.2. The van der Waals surface area contributed by atoms with Crippen molar-refractivity contribution in [1.29, 1.82) is 0 Å². The van der Waals surface area contributed by atoms with E-state index in [1.54, 1.807) is 18.2 Å². The molecule has 1 unspecified atom stereocenters. The molecule has 0 saturated carbocycles. The Morgan fingerprint density at radius 1 is 0.974 bits per heavy atom. The first kappa shape index (κ1) is 28.3. The summed E-state index contributed by atoms with van der Waals surface area (Å²) in [5.41, 5.74) is 2.09. The molecule has 5 nitrogen and oxygen atoms in total. The molecule has 0 aliphatic rings. The number of benzene rings is 3. The quantitative estimate of drug-likeness (QED) is 0.223. The molecule has 39 heavy (non-hydrogen) atoms. The van der Waals surface area contributed by atoms with Crippen LogP contribution in [-0.4, -0.2) is 27.0 Å². The third-order valence-corrected chi connectivity index (χ3v) is 6.72. The van der Waals surface area contributed by atoms with E-state index in [1.165, 1.54) is 42.7 Å². The standard InChI is InChI=1S/C30H27ClF3N3O2/c1-18(24-5-3-4-6-26(24)31)37-29-28(35-13-14-36-29)25-12-9-21(17-27(25)32)16-23(39)15-20-7-10-22(11-8-20)30(33,34)19(2)38/h3-14,17-19,38H,15-16H2,1-2H3,(H,36,37)/t18-,19?/m0/s1. The molecule has 3 aromatic carbocycles. The fourth-order valence-corrected chi connectivity index (χ4v) is 4.51. The molecule has 0 radical (unpaired) electrons. The first-order valence-corrected chi connectivity index (χ1v) is 12.7. The Morgan fingerprint density at radius 3 is 2.28 bits per heavy atom. The van der Waals surface area contributed by atoms with E-state index in [0.717, 1.165) is 12.5 Å². The number of hydrogen-bond acceptors (Lipinski definition) is 5. The van der Waals surface area contributed by atoms with Crippen LogP contribution in [0.25, 0.3) is 11.3 Å². The molecule has 2 N–H and O–H groups in total. The number of rotatable bonds is 10. The number of alkyl halides is 2. The summed E-state index contributed by atoms with van der Waals surface area (Å²) in [6, 6.07) is 16.9. The predicted octanol–water partition coefficient (Wildman–Crippen LogP) is 6.94. The summed E-state index contributed by atoms with van der Waals surface area (Å²) in [4.78, 5) is 21.3. The van der Waals surface area contributed by atoms with Crippen LogP contribution >= 0.6 is 11.6 Å². The molecule has 0 saturated heterocycles. The van der Waals surface area contributed by atoms with Crippen LogP contribution in [-0.2, 0) is 23.6 Å². The Labute approximate surface area is 229 Å². The minimum atomic E-state index is -3.38. The number of carbonyl (C=O) groups excluding carboxylic acids is 1. The van der Waals surface area contributed by atoms with Crippen molar-refractivity contribution in [2.45, 2.75) is 44.8 Å². The lowest BCUT2D eigenvalue weighted by atomic mass is 9.98. The Bertz CT molecular complexity index is 1460. The van der Waals surface area contributed by atoms with Crippen LogP contribution in [0.5, 0.6) is 0 Å².